The molecule has 1 aliphatic heterocycles. The van der Waals surface area contributed by atoms with Crippen molar-refractivity contribution in [3.05, 3.63) is 218 Å². The highest BCUT2D eigenvalue weighted by atomic mass is 28.3. The smallest absolute Gasteiger partial charge is 0.240 e. The van der Waals surface area contributed by atoms with E-state index in [0.717, 1.165) is 49.2 Å². The number of aromatic nitrogens is 6. The molecule has 298 valence electrons. The average Bonchev–Trinajstić information content (AvgIpc) is 4.01. The lowest BCUT2D eigenvalue weighted by atomic mass is 10.1. The number of hydrogen-bond acceptors (Lipinski definition) is 3. The largest absolute Gasteiger partial charge is 0.309 e. The van der Waals surface area contributed by atoms with Crippen molar-refractivity contribution >= 4 is 94.2 Å². The van der Waals surface area contributed by atoms with Gasteiger partial charge in [-0.05, 0) is 57.1 Å². The van der Waals surface area contributed by atoms with Crippen molar-refractivity contribution in [2.75, 3.05) is 0 Å². The fourth-order valence-electron chi connectivity index (χ4n) is 11.0. The molecule has 1 unspecified atom stereocenters. The Morgan fingerprint density at radius 3 is 1.31 bits per heavy atom. The second kappa shape index (κ2) is 13.3. The van der Waals surface area contributed by atoms with E-state index in [1.165, 1.54) is 48.2 Å². The summed E-state index contributed by atoms with van der Waals surface area (Å²) < 4.78 is 6.91. The molecule has 0 N–H and O–H groups in total. The molecule has 0 bridgehead atoms. The molecule has 0 aliphatic carbocycles. The molecule has 0 fully saturated rings. The van der Waals surface area contributed by atoms with Gasteiger partial charge in [0.05, 0.1) is 33.1 Å². The molecule has 4 aromatic heterocycles. The minimum Gasteiger partial charge on any atom is -0.309 e. The van der Waals surface area contributed by atoms with Gasteiger partial charge in [-0.15, -0.1) is 0 Å². The normalized spacial score (nSPS) is 14.6. The molecule has 0 amide bonds. The Labute approximate surface area is 368 Å². The van der Waals surface area contributed by atoms with Gasteiger partial charge in [0.2, 0.25) is 11.9 Å². The fraction of sp³-hybridized carbons (Fsp3) is 0. The van der Waals surface area contributed by atoms with Gasteiger partial charge in [-0.3, -0.25) is 9.13 Å². The highest BCUT2D eigenvalue weighted by Crippen LogP contribution is 2.37. The van der Waals surface area contributed by atoms with Gasteiger partial charge in [0, 0.05) is 43.6 Å². The van der Waals surface area contributed by atoms with Gasteiger partial charge in [0.15, 0.2) is 13.9 Å². The van der Waals surface area contributed by atoms with Crippen LogP contribution in [0.2, 0.25) is 0 Å². The van der Waals surface area contributed by atoms with Crippen LogP contribution < -0.4 is 20.7 Å². The Morgan fingerprint density at radius 2 is 0.734 bits per heavy atom. The van der Waals surface area contributed by atoms with Gasteiger partial charge in [0.25, 0.3) is 0 Å². The van der Waals surface area contributed by atoms with Crippen molar-refractivity contribution in [1.29, 1.82) is 0 Å². The summed E-state index contributed by atoms with van der Waals surface area (Å²) in [5.74, 6) is 1.74. The highest BCUT2D eigenvalue weighted by molar-refractivity contribution is 7.21. The van der Waals surface area contributed by atoms with E-state index in [9.17, 15) is 0 Å². The van der Waals surface area contributed by atoms with Gasteiger partial charge in [0.1, 0.15) is 0 Å². The van der Waals surface area contributed by atoms with Crippen LogP contribution in [0.4, 0.5) is 0 Å². The van der Waals surface area contributed by atoms with Gasteiger partial charge in [-0.25, -0.2) is 0 Å². The summed E-state index contributed by atoms with van der Waals surface area (Å²) in [6.45, 7) is 0. The fourth-order valence-corrected chi connectivity index (χ4v) is 16.2. The SMILES string of the molecule is c1ccc([Si]2(c3cccc(-c4nc(-n5c6ccccc6c6ccccc65)nc(-n5c6ccccc6c6ccccc65)n4)c3)c3ccccc3-n3c4ccccc4c4cccc2c43)cc1. The van der Waals surface area contributed by atoms with Crippen LogP contribution in [-0.4, -0.2) is 36.7 Å². The molecular weight excluding hydrogens is 797 g/mol. The number of benzene rings is 9. The summed E-state index contributed by atoms with van der Waals surface area (Å²) in [7, 11) is -3.01. The van der Waals surface area contributed by atoms with Crippen LogP contribution in [0.25, 0.3) is 94.4 Å². The molecule has 1 atom stereocenters. The lowest BCUT2D eigenvalue weighted by Crippen LogP contribution is -2.76. The zero-order chi connectivity index (χ0) is 41.9. The van der Waals surface area contributed by atoms with Crippen molar-refractivity contribution in [1.82, 2.24) is 28.7 Å². The summed E-state index contributed by atoms with van der Waals surface area (Å²) >= 11 is 0. The topological polar surface area (TPSA) is 53.5 Å². The molecule has 0 saturated heterocycles. The Balaban J connectivity index is 1.09. The molecule has 0 saturated carbocycles. The third-order valence-corrected chi connectivity index (χ3v) is 18.4. The lowest BCUT2D eigenvalue weighted by molar-refractivity contribution is 0.893. The van der Waals surface area contributed by atoms with E-state index >= 15 is 0 Å². The Morgan fingerprint density at radius 1 is 0.312 bits per heavy atom. The summed E-state index contributed by atoms with van der Waals surface area (Å²) in [6.07, 6.45) is 0. The number of rotatable bonds is 5. The van der Waals surface area contributed by atoms with Crippen molar-refractivity contribution in [3.8, 4) is 29.0 Å². The van der Waals surface area contributed by atoms with Gasteiger partial charge in [-0.2, -0.15) is 15.0 Å². The second-order valence-corrected chi connectivity index (χ2v) is 20.5. The first-order chi connectivity index (χ1) is 31.8. The Kier molecular flexibility index (Phi) is 7.32. The Hall–Kier alpha value is -8.39. The molecule has 0 spiro atoms. The van der Waals surface area contributed by atoms with E-state index in [1.807, 2.05) is 0 Å². The number of nitrogens with zero attached hydrogens (tertiary/aromatic N) is 6. The highest BCUT2D eigenvalue weighted by Gasteiger charge is 2.47. The summed E-state index contributed by atoms with van der Waals surface area (Å²) in [5, 5.41) is 12.5. The summed E-state index contributed by atoms with van der Waals surface area (Å²) in [6, 6.07) is 79.3. The van der Waals surface area contributed by atoms with Crippen LogP contribution >= 0.6 is 0 Å². The zero-order valence-corrected chi connectivity index (χ0v) is 35.5. The number of hydrogen-bond donors (Lipinski definition) is 0. The van der Waals surface area contributed by atoms with Gasteiger partial charge < -0.3 is 4.57 Å². The van der Waals surface area contributed by atoms with E-state index in [-0.39, 0.29) is 0 Å². The van der Waals surface area contributed by atoms with E-state index in [0.29, 0.717) is 17.7 Å². The molecule has 64 heavy (non-hydrogen) atoms. The number of fused-ring (bicyclic) bond motifs is 11. The maximum absolute atomic E-state index is 5.48. The standard InChI is InChI=1S/C57H36N6Si/c1-2-19-38(20-3-1)64(52-34-15-14-33-51(52)61-46-28-9-8-26-44(46)45-27-17-35-53(64)54(45)61)39-21-16-18-37(36-39)55-58-56(62-47-29-10-4-22-40(47)41-23-5-11-30-48(41)62)60-57(59-55)63-49-31-12-6-24-42(49)43-25-7-13-32-50(43)63/h1-36H. The second-order valence-electron chi connectivity index (χ2n) is 16.8. The van der Waals surface area contributed by atoms with Crippen LogP contribution in [0.15, 0.2) is 218 Å². The molecule has 0 radical (unpaired) electrons. The Bertz CT molecular complexity index is 3810. The predicted molar refractivity (Wildman–Crippen MR) is 265 cm³/mol. The summed E-state index contributed by atoms with van der Waals surface area (Å²) in [4.78, 5) is 16.4. The third-order valence-electron chi connectivity index (χ3n) is 13.6. The minimum atomic E-state index is -3.01. The molecule has 14 rings (SSSR count). The van der Waals surface area contributed by atoms with E-state index in [2.05, 4.69) is 232 Å². The van der Waals surface area contributed by atoms with Gasteiger partial charge >= 0.3 is 0 Å². The van der Waals surface area contributed by atoms with Crippen LogP contribution in [-0.2, 0) is 0 Å². The quantitative estimate of drug-likeness (QED) is 0.162. The molecule has 6 nitrogen and oxygen atoms in total. The molecule has 13 aromatic rings. The van der Waals surface area contributed by atoms with E-state index in [1.54, 1.807) is 0 Å². The predicted octanol–water partition coefficient (Wildman–Crippen LogP) is 10.5. The minimum absolute atomic E-state index is 0.567. The first-order valence-electron chi connectivity index (χ1n) is 21.8. The molecule has 9 aromatic carbocycles. The van der Waals surface area contributed by atoms with Crippen molar-refractivity contribution < 1.29 is 0 Å². The van der Waals surface area contributed by atoms with Crippen molar-refractivity contribution in [2.24, 2.45) is 0 Å². The molecule has 1 aliphatic rings. The maximum Gasteiger partial charge on any atom is 0.240 e. The molecular formula is C57H36N6Si. The van der Waals surface area contributed by atoms with Crippen LogP contribution in [0.5, 0.6) is 0 Å². The lowest BCUT2D eigenvalue weighted by Gasteiger charge is -2.39. The van der Waals surface area contributed by atoms with E-state index < -0.39 is 8.07 Å². The van der Waals surface area contributed by atoms with Crippen LogP contribution in [0, 0.1) is 0 Å². The van der Waals surface area contributed by atoms with Gasteiger partial charge in [-0.1, -0.05) is 182 Å². The zero-order valence-electron chi connectivity index (χ0n) is 34.5. The first-order valence-corrected chi connectivity index (χ1v) is 23.8. The summed E-state index contributed by atoms with van der Waals surface area (Å²) in [5.41, 5.74) is 8.84. The monoisotopic (exact) mass is 832 g/mol. The van der Waals surface area contributed by atoms with Crippen molar-refractivity contribution in [2.45, 2.75) is 0 Å². The average molecular weight is 833 g/mol. The molecule has 7 heteroatoms. The number of para-hydroxylation sites is 7. The van der Waals surface area contributed by atoms with E-state index in [4.69, 9.17) is 15.0 Å². The van der Waals surface area contributed by atoms with Crippen LogP contribution in [0.3, 0.4) is 0 Å². The maximum atomic E-state index is 5.48. The molecule has 5 heterocycles. The van der Waals surface area contributed by atoms with Crippen molar-refractivity contribution in [3.63, 3.8) is 0 Å². The van der Waals surface area contributed by atoms with Crippen LogP contribution in [0.1, 0.15) is 0 Å². The third kappa shape index (κ3) is 4.70. The first kappa shape index (κ1) is 35.2.